The number of fused-ring (bicyclic) bond motifs is 2. The zero-order valence-corrected chi connectivity index (χ0v) is 12.5. The van der Waals surface area contributed by atoms with Crippen molar-refractivity contribution in [2.45, 2.75) is 50.2 Å². The molecule has 0 aromatic heterocycles. The van der Waals surface area contributed by atoms with Gasteiger partial charge in [-0.2, -0.15) is 0 Å². The van der Waals surface area contributed by atoms with E-state index in [0.717, 1.165) is 50.7 Å². The van der Waals surface area contributed by atoms with Crippen LogP contribution < -0.4 is 0 Å². The fourth-order valence-electron chi connectivity index (χ4n) is 4.39. The van der Waals surface area contributed by atoms with Gasteiger partial charge in [0.05, 0.1) is 6.54 Å². The van der Waals surface area contributed by atoms with Gasteiger partial charge in [-0.3, -0.25) is 14.6 Å². The first kappa shape index (κ1) is 14.3. The molecule has 1 N–H and O–H groups in total. The maximum absolute atomic E-state index is 10.8. The number of carboxylic acids is 1. The molecule has 3 saturated heterocycles. The summed E-state index contributed by atoms with van der Waals surface area (Å²) in [6, 6.07) is 2.31. The minimum absolute atomic E-state index is 0.201. The third-order valence-electron chi connectivity index (χ3n) is 5.57. The van der Waals surface area contributed by atoms with Crippen LogP contribution in [0.1, 0.15) is 32.1 Å². The van der Waals surface area contributed by atoms with Gasteiger partial charge in [0.15, 0.2) is 0 Å². The van der Waals surface area contributed by atoms with Gasteiger partial charge in [0.2, 0.25) is 0 Å². The second-order valence-corrected chi connectivity index (χ2v) is 6.74. The van der Waals surface area contributed by atoms with Crippen molar-refractivity contribution in [1.82, 2.24) is 14.7 Å². The summed E-state index contributed by atoms with van der Waals surface area (Å²) in [5.74, 6) is -0.698. The summed E-state index contributed by atoms with van der Waals surface area (Å²) < 4.78 is 0. The van der Waals surface area contributed by atoms with Gasteiger partial charge in [0, 0.05) is 37.8 Å². The largest absolute Gasteiger partial charge is 0.480 e. The standard InChI is InChI=1S/C15H27N3O2/c1-16-12-3-4-13(16)10-14(9-12)18-6-2-5-17(7-8-18)11-15(19)20/h12-14H,2-11H2,1H3,(H,19,20). The summed E-state index contributed by atoms with van der Waals surface area (Å²) in [6.45, 7) is 4.23. The molecule has 0 radical (unpaired) electrons. The molecule has 3 heterocycles. The highest BCUT2D eigenvalue weighted by Crippen LogP contribution is 2.36. The first-order valence-electron chi connectivity index (χ1n) is 8.03. The number of nitrogens with zero attached hydrogens (tertiary/aromatic N) is 3. The molecule has 0 saturated carbocycles. The van der Waals surface area contributed by atoms with Crippen LogP contribution in [0.3, 0.4) is 0 Å². The molecule has 0 aromatic carbocycles. The molecular formula is C15H27N3O2. The van der Waals surface area contributed by atoms with Crippen molar-refractivity contribution in [2.75, 3.05) is 39.8 Å². The summed E-state index contributed by atoms with van der Waals surface area (Å²) in [5, 5.41) is 8.92. The molecule has 2 bridgehead atoms. The molecule has 0 amide bonds. The Kier molecular flexibility index (Phi) is 4.29. The van der Waals surface area contributed by atoms with Crippen LogP contribution in [0.4, 0.5) is 0 Å². The van der Waals surface area contributed by atoms with Crippen LogP contribution in [0.15, 0.2) is 0 Å². The van der Waals surface area contributed by atoms with Gasteiger partial charge in [-0.15, -0.1) is 0 Å². The Morgan fingerprint density at radius 2 is 1.75 bits per heavy atom. The maximum atomic E-state index is 10.8. The Labute approximate surface area is 121 Å². The molecule has 114 valence electrons. The van der Waals surface area contributed by atoms with Crippen molar-refractivity contribution in [3.63, 3.8) is 0 Å². The monoisotopic (exact) mass is 281 g/mol. The van der Waals surface area contributed by atoms with Crippen molar-refractivity contribution in [3.05, 3.63) is 0 Å². The van der Waals surface area contributed by atoms with Gasteiger partial charge in [-0.05, 0) is 45.7 Å². The molecule has 0 spiro atoms. The Hall–Kier alpha value is -0.650. The second kappa shape index (κ2) is 6.00. The van der Waals surface area contributed by atoms with E-state index in [1.165, 1.54) is 25.7 Å². The van der Waals surface area contributed by atoms with E-state index in [1.54, 1.807) is 0 Å². The molecule has 20 heavy (non-hydrogen) atoms. The number of carbonyl (C=O) groups is 1. The predicted octanol–water partition coefficient (Wildman–Crippen LogP) is 0.704. The molecule has 5 nitrogen and oxygen atoms in total. The fraction of sp³-hybridized carbons (Fsp3) is 0.933. The summed E-state index contributed by atoms with van der Waals surface area (Å²) >= 11 is 0. The zero-order chi connectivity index (χ0) is 14.1. The smallest absolute Gasteiger partial charge is 0.317 e. The second-order valence-electron chi connectivity index (χ2n) is 6.74. The molecule has 2 atom stereocenters. The number of piperidine rings is 1. The van der Waals surface area contributed by atoms with E-state index in [9.17, 15) is 4.79 Å². The SMILES string of the molecule is CN1C2CCC1CC(N1CCCN(CC(=O)O)CC1)C2. The van der Waals surface area contributed by atoms with E-state index < -0.39 is 5.97 Å². The quantitative estimate of drug-likeness (QED) is 0.825. The summed E-state index contributed by atoms with van der Waals surface area (Å²) in [5.41, 5.74) is 0. The lowest BCUT2D eigenvalue weighted by atomic mass is 9.96. The highest BCUT2D eigenvalue weighted by atomic mass is 16.4. The highest BCUT2D eigenvalue weighted by Gasteiger charge is 2.40. The first-order chi connectivity index (χ1) is 9.63. The molecule has 3 aliphatic rings. The fourth-order valence-corrected chi connectivity index (χ4v) is 4.39. The van der Waals surface area contributed by atoms with Crippen molar-refractivity contribution >= 4 is 5.97 Å². The molecule has 3 aliphatic heterocycles. The molecule has 3 rings (SSSR count). The van der Waals surface area contributed by atoms with E-state index in [-0.39, 0.29) is 6.54 Å². The van der Waals surface area contributed by atoms with Gasteiger partial charge in [-0.1, -0.05) is 0 Å². The van der Waals surface area contributed by atoms with Crippen LogP contribution >= 0.6 is 0 Å². The Bertz CT molecular complexity index is 349. The summed E-state index contributed by atoms with van der Waals surface area (Å²) in [7, 11) is 2.29. The van der Waals surface area contributed by atoms with Gasteiger partial charge >= 0.3 is 5.97 Å². The minimum Gasteiger partial charge on any atom is -0.480 e. The lowest BCUT2D eigenvalue weighted by Crippen LogP contribution is -2.49. The third kappa shape index (κ3) is 3.00. The number of hydrogen-bond donors (Lipinski definition) is 1. The van der Waals surface area contributed by atoms with Gasteiger partial charge < -0.3 is 10.0 Å². The zero-order valence-electron chi connectivity index (χ0n) is 12.5. The van der Waals surface area contributed by atoms with Crippen molar-refractivity contribution < 1.29 is 9.90 Å². The summed E-state index contributed by atoms with van der Waals surface area (Å²) in [4.78, 5) is 18.1. The van der Waals surface area contributed by atoms with Gasteiger partial charge in [-0.25, -0.2) is 0 Å². The topological polar surface area (TPSA) is 47.0 Å². The number of carboxylic acid groups (broad SMARTS) is 1. The van der Waals surface area contributed by atoms with E-state index in [0.29, 0.717) is 0 Å². The Balaban J connectivity index is 1.55. The average molecular weight is 281 g/mol. The molecule has 0 aromatic rings. The number of rotatable bonds is 3. The van der Waals surface area contributed by atoms with Crippen molar-refractivity contribution in [1.29, 1.82) is 0 Å². The number of aliphatic carboxylic acids is 1. The Morgan fingerprint density at radius 3 is 2.40 bits per heavy atom. The van der Waals surface area contributed by atoms with Crippen LogP contribution in [-0.2, 0) is 4.79 Å². The van der Waals surface area contributed by atoms with Crippen LogP contribution in [0, 0.1) is 0 Å². The lowest BCUT2D eigenvalue weighted by molar-refractivity contribution is -0.138. The van der Waals surface area contributed by atoms with Crippen LogP contribution in [0.5, 0.6) is 0 Å². The molecule has 5 heteroatoms. The average Bonchev–Trinajstić information content (AvgIpc) is 2.65. The number of hydrogen-bond acceptors (Lipinski definition) is 4. The molecule has 3 fully saturated rings. The highest BCUT2D eigenvalue weighted by molar-refractivity contribution is 5.69. The van der Waals surface area contributed by atoms with E-state index in [2.05, 4.69) is 21.7 Å². The van der Waals surface area contributed by atoms with E-state index in [1.807, 2.05) is 0 Å². The molecule has 0 aliphatic carbocycles. The van der Waals surface area contributed by atoms with Crippen molar-refractivity contribution in [2.24, 2.45) is 0 Å². The van der Waals surface area contributed by atoms with Crippen LogP contribution in [0.25, 0.3) is 0 Å². The van der Waals surface area contributed by atoms with Crippen molar-refractivity contribution in [3.8, 4) is 0 Å². The van der Waals surface area contributed by atoms with E-state index in [4.69, 9.17) is 5.11 Å². The molecule has 2 unspecified atom stereocenters. The molecular weight excluding hydrogens is 254 g/mol. The maximum Gasteiger partial charge on any atom is 0.317 e. The van der Waals surface area contributed by atoms with Gasteiger partial charge in [0.25, 0.3) is 0 Å². The lowest BCUT2D eigenvalue weighted by Gasteiger charge is -2.41. The minimum atomic E-state index is -0.698. The van der Waals surface area contributed by atoms with E-state index >= 15 is 0 Å². The van der Waals surface area contributed by atoms with Crippen LogP contribution in [0.2, 0.25) is 0 Å². The first-order valence-corrected chi connectivity index (χ1v) is 8.03. The third-order valence-corrected chi connectivity index (χ3v) is 5.57. The van der Waals surface area contributed by atoms with Gasteiger partial charge in [0.1, 0.15) is 0 Å². The predicted molar refractivity (Wildman–Crippen MR) is 77.9 cm³/mol. The Morgan fingerprint density at radius 1 is 1.05 bits per heavy atom. The normalized spacial score (nSPS) is 37.0. The summed E-state index contributed by atoms with van der Waals surface area (Å²) in [6.07, 6.45) is 6.47. The van der Waals surface area contributed by atoms with Crippen LogP contribution in [-0.4, -0.2) is 83.7 Å².